The molecule has 6 nitrogen and oxygen atoms in total. The SMILES string of the molecule is COc1ccc(-c2cc(-c3ccc(Cl)cc3)nc(SCCCC(=O)NO)n2)cc1. The molecule has 150 valence electrons. The van der Waals surface area contributed by atoms with Gasteiger partial charge in [-0.15, -0.1) is 0 Å². The lowest BCUT2D eigenvalue weighted by atomic mass is 10.1. The van der Waals surface area contributed by atoms with E-state index < -0.39 is 5.91 Å². The lowest BCUT2D eigenvalue weighted by Crippen LogP contribution is -2.18. The van der Waals surface area contributed by atoms with E-state index in [1.54, 1.807) is 12.6 Å². The molecule has 0 unspecified atom stereocenters. The first kappa shape index (κ1) is 21.1. The van der Waals surface area contributed by atoms with Crippen molar-refractivity contribution < 1.29 is 14.7 Å². The topological polar surface area (TPSA) is 84.3 Å². The smallest absolute Gasteiger partial charge is 0.243 e. The number of amides is 1. The molecule has 1 aromatic heterocycles. The molecule has 1 amide bonds. The number of rotatable bonds is 8. The highest BCUT2D eigenvalue weighted by atomic mass is 35.5. The summed E-state index contributed by atoms with van der Waals surface area (Å²) in [5.41, 5.74) is 5.11. The molecule has 0 atom stereocenters. The van der Waals surface area contributed by atoms with Gasteiger partial charge in [-0.1, -0.05) is 35.5 Å². The monoisotopic (exact) mass is 429 g/mol. The first-order chi connectivity index (χ1) is 14.1. The van der Waals surface area contributed by atoms with Gasteiger partial charge in [0.05, 0.1) is 18.5 Å². The molecular weight excluding hydrogens is 410 g/mol. The van der Waals surface area contributed by atoms with E-state index >= 15 is 0 Å². The third-order valence-electron chi connectivity index (χ3n) is 4.14. The second-order valence-corrected chi connectivity index (χ2v) is 7.64. The Labute approximate surface area is 178 Å². The minimum atomic E-state index is -0.402. The van der Waals surface area contributed by atoms with Crippen molar-refractivity contribution in [3.8, 4) is 28.3 Å². The number of ether oxygens (including phenoxy) is 1. The number of nitrogens with zero attached hydrogens (tertiary/aromatic N) is 2. The quantitative estimate of drug-likeness (QED) is 0.175. The average molecular weight is 430 g/mol. The van der Waals surface area contributed by atoms with Gasteiger partial charge in [0.25, 0.3) is 0 Å². The predicted octanol–water partition coefficient (Wildman–Crippen LogP) is 4.85. The summed E-state index contributed by atoms with van der Waals surface area (Å²) in [6, 6.07) is 17.1. The van der Waals surface area contributed by atoms with Crippen LogP contribution in [0.4, 0.5) is 0 Å². The summed E-state index contributed by atoms with van der Waals surface area (Å²) in [6.07, 6.45) is 0.842. The summed E-state index contributed by atoms with van der Waals surface area (Å²) >= 11 is 7.48. The number of nitrogens with one attached hydrogen (secondary N) is 1. The second-order valence-electron chi connectivity index (χ2n) is 6.14. The average Bonchev–Trinajstić information content (AvgIpc) is 2.77. The number of hydrogen-bond donors (Lipinski definition) is 2. The third-order valence-corrected chi connectivity index (χ3v) is 5.32. The minimum Gasteiger partial charge on any atom is -0.497 e. The number of hydrogen-bond acceptors (Lipinski definition) is 6. The number of aromatic nitrogens is 2. The van der Waals surface area contributed by atoms with E-state index in [-0.39, 0.29) is 6.42 Å². The molecular formula is C21H20ClN3O3S. The van der Waals surface area contributed by atoms with Gasteiger partial charge >= 0.3 is 0 Å². The van der Waals surface area contributed by atoms with Crippen molar-refractivity contribution in [2.24, 2.45) is 0 Å². The predicted molar refractivity (Wildman–Crippen MR) is 114 cm³/mol. The van der Waals surface area contributed by atoms with E-state index in [4.69, 9.17) is 21.5 Å². The van der Waals surface area contributed by atoms with Crippen LogP contribution in [0.5, 0.6) is 5.75 Å². The fourth-order valence-corrected chi connectivity index (χ4v) is 3.54. The van der Waals surface area contributed by atoms with Crippen LogP contribution in [-0.2, 0) is 4.79 Å². The van der Waals surface area contributed by atoms with Crippen molar-refractivity contribution in [2.75, 3.05) is 12.9 Å². The Bertz CT molecular complexity index is 966. The number of halogens is 1. The number of hydroxylamine groups is 1. The highest BCUT2D eigenvalue weighted by molar-refractivity contribution is 7.99. The van der Waals surface area contributed by atoms with Crippen LogP contribution in [-0.4, -0.2) is 33.9 Å². The third kappa shape index (κ3) is 5.93. The van der Waals surface area contributed by atoms with Crippen LogP contribution in [0.15, 0.2) is 59.8 Å². The molecule has 0 bridgehead atoms. The molecule has 3 aromatic rings. The van der Waals surface area contributed by atoms with Gasteiger partial charge in [-0.25, -0.2) is 15.4 Å². The van der Waals surface area contributed by atoms with Crippen LogP contribution in [0.3, 0.4) is 0 Å². The molecule has 0 aliphatic carbocycles. The summed E-state index contributed by atoms with van der Waals surface area (Å²) < 4.78 is 5.23. The van der Waals surface area contributed by atoms with E-state index in [0.717, 1.165) is 28.3 Å². The van der Waals surface area contributed by atoms with E-state index in [1.165, 1.54) is 11.8 Å². The van der Waals surface area contributed by atoms with Crippen molar-refractivity contribution in [1.82, 2.24) is 15.4 Å². The van der Waals surface area contributed by atoms with Crippen molar-refractivity contribution in [2.45, 2.75) is 18.0 Å². The molecule has 0 fully saturated rings. The highest BCUT2D eigenvalue weighted by Gasteiger charge is 2.10. The number of carbonyl (C=O) groups is 1. The van der Waals surface area contributed by atoms with Gasteiger partial charge in [0, 0.05) is 28.3 Å². The minimum absolute atomic E-state index is 0.242. The van der Waals surface area contributed by atoms with Crippen LogP contribution >= 0.6 is 23.4 Å². The van der Waals surface area contributed by atoms with Crippen molar-refractivity contribution >= 4 is 29.3 Å². The van der Waals surface area contributed by atoms with Crippen LogP contribution in [0.2, 0.25) is 5.02 Å². The van der Waals surface area contributed by atoms with Gasteiger partial charge in [0.15, 0.2) is 5.16 Å². The molecule has 2 N–H and O–H groups in total. The fourth-order valence-electron chi connectivity index (χ4n) is 2.62. The largest absolute Gasteiger partial charge is 0.497 e. The molecule has 3 rings (SSSR count). The van der Waals surface area contributed by atoms with Gasteiger partial charge in [-0.2, -0.15) is 0 Å². The van der Waals surface area contributed by atoms with Gasteiger partial charge in [0.1, 0.15) is 5.75 Å². The maximum atomic E-state index is 11.2. The molecule has 0 aliphatic rings. The van der Waals surface area contributed by atoms with Crippen molar-refractivity contribution in [3.05, 3.63) is 59.6 Å². The molecule has 0 radical (unpaired) electrons. The summed E-state index contributed by atoms with van der Waals surface area (Å²) in [7, 11) is 1.63. The van der Waals surface area contributed by atoms with Crippen LogP contribution in [0.25, 0.3) is 22.5 Å². The Morgan fingerprint density at radius 2 is 1.66 bits per heavy atom. The van der Waals surface area contributed by atoms with E-state index in [1.807, 2.05) is 54.6 Å². The standard InChI is InChI=1S/C21H20ClN3O3S/c1-28-17-10-6-15(7-11-17)19-13-18(14-4-8-16(22)9-5-14)23-21(24-19)29-12-2-3-20(26)25-27/h4-11,13,27H,2-3,12H2,1H3,(H,25,26). The number of methoxy groups -OCH3 is 1. The summed E-state index contributed by atoms with van der Waals surface area (Å²) in [6.45, 7) is 0. The molecule has 2 aromatic carbocycles. The Balaban J connectivity index is 1.88. The zero-order valence-corrected chi connectivity index (χ0v) is 17.3. The molecule has 0 saturated heterocycles. The number of carbonyl (C=O) groups excluding carboxylic acids is 1. The van der Waals surface area contributed by atoms with E-state index in [2.05, 4.69) is 9.97 Å². The first-order valence-electron chi connectivity index (χ1n) is 8.94. The Morgan fingerprint density at radius 3 is 2.21 bits per heavy atom. The van der Waals surface area contributed by atoms with Gasteiger partial charge < -0.3 is 4.74 Å². The second kappa shape index (κ2) is 10.2. The number of benzene rings is 2. The Hall–Kier alpha value is -2.61. The lowest BCUT2D eigenvalue weighted by Gasteiger charge is -2.09. The molecule has 0 saturated carbocycles. The molecule has 8 heteroatoms. The lowest BCUT2D eigenvalue weighted by molar-refractivity contribution is -0.129. The summed E-state index contributed by atoms with van der Waals surface area (Å²) in [5, 5.41) is 9.86. The fraction of sp³-hybridized carbons (Fsp3) is 0.190. The first-order valence-corrected chi connectivity index (χ1v) is 10.3. The van der Waals surface area contributed by atoms with Gasteiger partial charge in [-0.05, 0) is 48.9 Å². The van der Waals surface area contributed by atoms with E-state index in [9.17, 15) is 4.79 Å². The maximum absolute atomic E-state index is 11.2. The highest BCUT2D eigenvalue weighted by Crippen LogP contribution is 2.29. The van der Waals surface area contributed by atoms with E-state index in [0.29, 0.717) is 22.4 Å². The Kier molecular flexibility index (Phi) is 7.46. The zero-order valence-electron chi connectivity index (χ0n) is 15.8. The summed E-state index contributed by atoms with van der Waals surface area (Å²) in [4.78, 5) is 20.5. The van der Waals surface area contributed by atoms with Crippen LogP contribution in [0, 0.1) is 0 Å². The zero-order chi connectivity index (χ0) is 20.6. The van der Waals surface area contributed by atoms with Gasteiger partial charge in [0.2, 0.25) is 5.91 Å². The molecule has 29 heavy (non-hydrogen) atoms. The van der Waals surface area contributed by atoms with Crippen LogP contribution < -0.4 is 10.2 Å². The van der Waals surface area contributed by atoms with Crippen molar-refractivity contribution in [3.63, 3.8) is 0 Å². The van der Waals surface area contributed by atoms with Crippen molar-refractivity contribution in [1.29, 1.82) is 0 Å². The molecule has 0 aliphatic heterocycles. The Morgan fingerprint density at radius 1 is 1.07 bits per heavy atom. The molecule has 1 heterocycles. The summed E-state index contributed by atoms with van der Waals surface area (Å²) in [5.74, 6) is 1.03. The normalized spacial score (nSPS) is 10.6. The maximum Gasteiger partial charge on any atom is 0.243 e. The molecule has 0 spiro atoms. The van der Waals surface area contributed by atoms with Crippen LogP contribution in [0.1, 0.15) is 12.8 Å². The van der Waals surface area contributed by atoms with Gasteiger partial charge in [-0.3, -0.25) is 10.0 Å². The number of thioether (sulfide) groups is 1.